The van der Waals surface area contributed by atoms with Gasteiger partial charge in [0.2, 0.25) is 11.8 Å². The van der Waals surface area contributed by atoms with E-state index in [1.54, 1.807) is 16.7 Å². The van der Waals surface area contributed by atoms with Crippen LogP contribution in [0.3, 0.4) is 0 Å². The first-order chi connectivity index (χ1) is 17.3. The predicted octanol–water partition coefficient (Wildman–Crippen LogP) is 6.40. The molecule has 3 aromatic carbocycles. The van der Waals surface area contributed by atoms with E-state index >= 15 is 0 Å². The molecule has 1 atom stereocenters. The first-order valence-electron chi connectivity index (χ1n) is 12.3. The third kappa shape index (κ3) is 9.14. The van der Waals surface area contributed by atoms with Crippen LogP contribution < -0.4 is 5.32 Å². The second kappa shape index (κ2) is 14.2. The molecule has 0 aliphatic rings. The van der Waals surface area contributed by atoms with Gasteiger partial charge in [0.15, 0.2) is 0 Å². The lowest BCUT2D eigenvalue weighted by atomic mass is 10.0. The Balaban J connectivity index is 1.83. The quantitative estimate of drug-likeness (QED) is 0.276. The summed E-state index contributed by atoms with van der Waals surface area (Å²) in [5.74, 6) is 1.24. The highest BCUT2D eigenvalue weighted by molar-refractivity contribution is 9.10. The van der Waals surface area contributed by atoms with Crippen LogP contribution in [0.2, 0.25) is 0 Å². The Morgan fingerprint density at radius 1 is 0.917 bits per heavy atom. The van der Waals surface area contributed by atoms with Crippen LogP contribution in [0.25, 0.3) is 0 Å². The van der Waals surface area contributed by atoms with E-state index in [1.165, 1.54) is 11.1 Å². The fourth-order valence-corrected chi connectivity index (χ4v) is 5.15. The summed E-state index contributed by atoms with van der Waals surface area (Å²) < 4.78 is 0.949. The zero-order chi connectivity index (χ0) is 25.9. The van der Waals surface area contributed by atoms with Crippen molar-refractivity contribution in [1.82, 2.24) is 10.2 Å². The number of benzene rings is 3. The van der Waals surface area contributed by atoms with Gasteiger partial charge in [-0.1, -0.05) is 102 Å². The lowest BCUT2D eigenvalue weighted by molar-refractivity contribution is -0.139. The van der Waals surface area contributed by atoms with Gasteiger partial charge in [0, 0.05) is 29.7 Å². The number of nitrogens with zero attached hydrogens (tertiary/aromatic N) is 1. The molecule has 4 nitrogen and oxygen atoms in total. The molecule has 3 aromatic rings. The minimum Gasteiger partial charge on any atom is -0.354 e. The van der Waals surface area contributed by atoms with Crippen molar-refractivity contribution < 1.29 is 9.59 Å². The van der Waals surface area contributed by atoms with Crippen molar-refractivity contribution in [3.05, 3.63) is 106 Å². The fraction of sp³-hybridized carbons (Fsp3) is 0.333. The Kier molecular flexibility index (Phi) is 11.1. The third-order valence-corrected chi connectivity index (χ3v) is 7.29. The summed E-state index contributed by atoms with van der Waals surface area (Å²) in [6.45, 7) is 7.15. The Morgan fingerprint density at radius 3 is 2.28 bits per heavy atom. The number of amides is 2. The number of hydrogen-bond donors (Lipinski definition) is 1. The van der Waals surface area contributed by atoms with Gasteiger partial charge in [0.1, 0.15) is 6.04 Å². The molecule has 0 spiro atoms. The molecule has 6 heteroatoms. The molecule has 0 heterocycles. The molecule has 0 saturated carbocycles. The summed E-state index contributed by atoms with van der Waals surface area (Å²) in [5.41, 5.74) is 4.42. The standard InChI is InChI=1S/C30H35BrN2O2S/c1-22(2)18-32-30(35)28(17-24-8-5-4-6-9-24)33(19-26-10-7-11-27(31)16-26)29(34)21-36-20-25-14-12-23(3)13-15-25/h4-16,22,28H,17-21H2,1-3H3,(H,32,35)/t28-/m1/s1. The highest BCUT2D eigenvalue weighted by atomic mass is 79.9. The molecule has 0 bridgehead atoms. The van der Waals surface area contributed by atoms with E-state index in [9.17, 15) is 9.59 Å². The molecule has 0 unspecified atom stereocenters. The zero-order valence-electron chi connectivity index (χ0n) is 21.2. The van der Waals surface area contributed by atoms with Crippen LogP contribution in [0.15, 0.2) is 83.3 Å². The van der Waals surface area contributed by atoms with E-state index in [-0.39, 0.29) is 11.8 Å². The van der Waals surface area contributed by atoms with Gasteiger partial charge in [-0.2, -0.15) is 0 Å². The molecular formula is C30H35BrN2O2S. The summed E-state index contributed by atoms with van der Waals surface area (Å²) in [6, 6.07) is 25.6. The summed E-state index contributed by atoms with van der Waals surface area (Å²) in [5, 5.41) is 3.07. The van der Waals surface area contributed by atoms with Crippen molar-refractivity contribution >= 4 is 39.5 Å². The van der Waals surface area contributed by atoms with Gasteiger partial charge in [-0.15, -0.1) is 11.8 Å². The molecule has 36 heavy (non-hydrogen) atoms. The Morgan fingerprint density at radius 2 is 1.61 bits per heavy atom. The molecule has 190 valence electrons. The van der Waals surface area contributed by atoms with Crippen LogP contribution in [-0.4, -0.2) is 35.1 Å². The SMILES string of the molecule is Cc1ccc(CSCC(=O)N(Cc2cccc(Br)c2)[C@H](Cc2ccccc2)C(=O)NCC(C)C)cc1. The Labute approximate surface area is 228 Å². The summed E-state index contributed by atoms with van der Waals surface area (Å²) in [7, 11) is 0. The molecule has 3 rings (SSSR count). The van der Waals surface area contributed by atoms with Gasteiger partial charge in [-0.25, -0.2) is 0 Å². The second-order valence-electron chi connectivity index (χ2n) is 9.47. The Bertz CT molecular complexity index is 1120. The van der Waals surface area contributed by atoms with E-state index in [0.29, 0.717) is 31.2 Å². The van der Waals surface area contributed by atoms with Gasteiger partial charge in [0.25, 0.3) is 0 Å². The lowest BCUT2D eigenvalue weighted by Gasteiger charge is -2.32. The maximum Gasteiger partial charge on any atom is 0.243 e. The molecule has 0 aromatic heterocycles. The normalized spacial score (nSPS) is 11.8. The molecular weight excluding hydrogens is 532 g/mol. The van der Waals surface area contributed by atoms with Crippen molar-refractivity contribution in [1.29, 1.82) is 0 Å². The first-order valence-corrected chi connectivity index (χ1v) is 14.3. The monoisotopic (exact) mass is 566 g/mol. The minimum absolute atomic E-state index is 0.0345. The first kappa shape index (κ1) is 28.0. The van der Waals surface area contributed by atoms with E-state index in [4.69, 9.17) is 0 Å². The minimum atomic E-state index is -0.599. The van der Waals surface area contributed by atoms with Gasteiger partial charge in [0.05, 0.1) is 5.75 Å². The van der Waals surface area contributed by atoms with Crippen molar-refractivity contribution in [3.8, 4) is 0 Å². The van der Waals surface area contributed by atoms with Crippen molar-refractivity contribution in [3.63, 3.8) is 0 Å². The fourth-order valence-electron chi connectivity index (χ4n) is 3.83. The maximum absolute atomic E-state index is 13.7. The molecule has 0 aliphatic carbocycles. The number of halogens is 1. The average Bonchev–Trinajstić information content (AvgIpc) is 2.86. The number of hydrogen-bond acceptors (Lipinski definition) is 3. The smallest absolute Gasteiger partial charge is 0.243 e. The molecule has 0 aliphatic heterocycles. The second-order valence-corrected chi connectivity index (χ2v) is 11.4. The predicted molar refractivity (Wildman–Crippen MR) is 154 cm³/mol. The van der Waals surface area contributed by atoms with E-state index in [1.807, 2.05) is 54.6 Å². The highest BCUT2D eigenvalue weighted by Gasteiger charge is 2.30. The molecule has 0 saturated heterocycles. The number of carbonyl (C=O) groups excluding carboxylic acids is 2. The van der Waals surface area contributed by atoms with Gasteiger partial charge < -0.3 is 10.2 Å². The highest BCUT2D eigenvalue weighted by Crippen LogP contribution is 2.20. The number of nitrogens with one attached hydrogen (secondary N) is 1. The van der Waals surface area contributed by atoms with Gasteiger partial charge in [-0.3, -0.25) is 9.59 Å². The number of rotatable bonds is 12. The van der Waals surface area contributed by atoms with E-state index < -0.39 is 6.04 Å². The molecule has 0 fully saturated rings. The van der Waals surface area contributed by atoms with E-state index in [0.717, 1.165) is 21.4 Å². The van der Waals surface area contributed by atoms with Crippen molar-refractivity contribution in [2.45, 2.75) is 45.5 Å². The van der Waals surface area contributed by atoms with Gasteiger partial charge >= 0.3 is 0 Å². The largest absolute Gasteiger partial charge is 0.354 e. The molecule has 2 amide bonds. The van der Waals surface area contributed by atoms with Gasteiger partial charge in [-0.05, 0) is 41.7 Å². The summed E-state index contributed by atoms with van der Waals surface area (Å²) in [6.07, 6.45) is 0.465. The Hall–Kier alpha value is -2.57. The van der Waals surface area contributed by atoms with Crippen LogP contribution in [0.1, 0.15) is 36.1 Å². The van der Waals surface area contributed by atoms with Crippen LogP contribution in [0, 0.1) is 12.8 Å². The average molecular weight is 568 g/mol. The van der Waals surface area contributed by atoms with Crippen molar-refractivity contribution in [2.24, 2.45) is 5.92 Å². The van der Waals surface area contributed by atoms with Crippen LogP contribution >= 0.6 is 27.7 Å². The topological polar surface area (TPSA) is 49.4 Å². The number of aryl methyl sites for hydroxylation is 1. The number of carbonyl (C=O) groups is 2. The van der Waals surface area contributed by atoms with Crippen LogP contribution in [-0.2, 0) is 28.3 Å². The van der Waals surface area contributed by atoms with Crippen LogP contribution in [0.5, 0.6) is 0 Å². The summed E-state index contributed by atoms with van der Waals surface area (Å²) >= 11 is 5.12. The third-order valence-electron chi connectivity index (χ3n) is 5.81. The zero-order valence-corrected chi connectivity index (χ0v) is 23.6. The number of thioether (sulfide) groups is 1. The lowest BCUT2D eigenvalue weighted by Crippen LogP contribution is -2.51. The van der Waals surface area contributed by atoms with E-state index in [2.05, 4.69) is 66.3 Å². The molecule has 1 N–H and O–H groups in total. The summed E-state index contributed by atoms with van der Waals surface area (Å²) in [4.78, 5) is 28.9. The molecule has 0 radical (unpaired) electrons. The van der Waals surface area contributed by atoms with Crippen molar-refractivity contribution in [2.75, 3.05) is 12.3 Å². The van der Waals surface area contributed by atoms with Crippen LogP contribution in [0.4, 0.5) is 0 Å². The maximum atomic E-state index is 13.7.